The zero-order valence-electron chi connectivity index (χ0n) is 11.1. The third-order valence-corrected chi connectivity index (χ3v) is 4.17. The Labute approximate surface area is 119 Å². The van der Waals surface area contributed by atoms with E-state index < -0.39 is 5.91 Å². The van der Waals surface area contributed by atoms with Crippen molar-refractivity contribution in [3.63, 3.8) is 0 Å². The van der Waals surface area contributed by atoms with Crippen molar-refractivity contribution in [1.29, 1.82) is 0 Å². The molecule has 1 amide bonds. The molecule has 104 valence electrons. The van der Waals surface area contributed by atoms with Gasteiger partial charge in [-0.15, -0.1) is 0 Å². The van der Waals surface area contributed by atoms with Gasteiger partial charge in [0, 0.05) is 12.1 Å². The van der Waals surface area contributed by atoms with Gasteiger partial charge < -0.3 is 11.1 Å². The second-order valence-corrected chi connectivity index (χ2v) is 5.69. The summed E-state index contributed by atoms with van der Waals surface area (Å²) < 4.78 is 0. The Morgan fingerprint density at radius 1 is 1.32 bits per heavy atom. The highest BCUT2D eigenvalue weighted by atomic mass is 35.5. The van der Waals surface area contributed by atoms with Gasteiger partial charge in [-0.25, -0.2) is 0 Å². The van der Waals surface area contributed by atoms with E-state index in [0.717, 1.165) is 24.6 Å². The maximum Gasteiger partial charge on any atom is 0.248 e. The average Bonchev–Trinajstić information content (AvgIpc) is 2.42. The first-order valence-corrected chi connectivity index (χ1v) is 7.38. The van der Waals surface area contributed by atoms with Gasteiger partial charge in [-0.3, -0.25) is 4.79 Å². The number of halogens is 1. The molecule has 1 aromatic carbocycles. The van der Waals surface area contributed by atoms with Crippen molar-refractivity contribution in [2.24, 2.45) is 11.7 Å². The molecule has 19 heavy (non-hydrogen) atoms. The number of amides is 1. The smallest absolute Gasteiger partial charge is 0.248 e. The standard InChI is InChI=1S/C15H21ClN2O/c16-13-7-6-12(15(17)19)10-14(13)18-9-8-11-4-2-1-3-5-11/h6-7,10-11,18H,1-5,8-9H2,(H2,17,19). The molecule has 0 spiro atoms. The number of anilines is 1. The number of nitrogens with one attached hydrogen (secondary N) is 1. The Morgan fingerprint density at radius 3 is 2.74 bits per heavy atom. The fourth-order valence-corrected chi connectivity index (χ4v) is 2.89. The first-order valence-electron chi connectivity index (χ1n) is 7.00. The third kappa shape index (κ3) is 4.13. The summed E-state index contributed by atoms with van der Waals surface area (Å²) in [5, 5.41) is 3.95. The topological polar surface area (TPSA) is 55.1 Å². The molecule has 0 radical (unpaired) electrons. The van der Waals surface area contributed by atoms with Crippen LogP contribution in [0.1, 0.15) is 48.9 Å². The highest BCUT2D eigenvalue weighted by Crippen LogP contribution is 2.27. The van der Waals surface area contributed by atoms with E-state index in [4.69, 9.17) is 17.3 Å². The lowest BCUT2D eigenvalue weighted by atomic mass is 9.87. The van der Waals surface area contributed by atoms with Crippen LogP contribution in [0.25, 0.3) is 0 Å². The Hall–Kier alpha value is -1.22. The number of hydrogen-bond acceptors (Lipinski definition) is 2. The van der Waals surface area contributed by atoms with Crippen LogP contribution in [0.15, 0.2) is 18.2 Å². The molecular weight excluding hydrogens is 260 g/mol. The van der Waals surface area contributed by atoms with Crippen LogP contribution in [0.3, 0.4) is 0 Å². The van der Waals surface area contributed by atoms with Crippen molar-refractivity contribution in [2.45, 2.75) is 38.5 Å². The molecule has 0 aliphatic heterocycles. The summed E-state index contributed by atoms with van der Waals surface area (Å²) >= 11 is 6.11. The fraction of sp³-hybridized carbons (Fsp3) is 0.533. The van der Waals surface area contributed by atoms with Gasteiger partial charge in [0.25, 0.3) is 0 Å². The molecule has 1 aliphatic rings. The summed E-state index contributed by atoms with van der Waals surface area (Å²) in [7, 11) is 0. The van der Waals surface area contributed by atoms with Gasteiger partial charge in [-0.1, -0.05) is 43.7 Å². The lowest BCUT2D eigenvalue weighted by Gasteiger charge is -2.21. The van der Waals surface area contributed by atoms with Crippen LogP contribution in [0.5, 0.6) is 0 Å². The summed E-state index contributed by atoms with van der Waals surface area (Å²) in [6.07, 6.45) is 7.96. The Bertz CT molecular complexity index is 442. The number of carbonyl (C=O) groups excluding carboxylic acids is 1. The molecule has 1 fully saturated rings. The number of hydrogen-bond donors (Lipinski definition) is 2. The van der Waals surface area contributed by atoms with E-state index in [9.17, 15) is 4.79 Å². The Morgan fingerprint density at radius 2 is 2.05 bits per heavy atom. The zero-order chi connectivity index (χ0) is 13.7. The van der Waals surface area contributed by atoms with Gasteiger partial charge in [0.1, 0.15) is 0 Å². The lowest BCUT2D eigenvalue weighted by molar-refractivity contribution is 0.100. The molecule has 0 atom stereocenters. The van der Waals surface area contributed by atoms with Crippen LogP contribution in [0.2, 0.25) is 5.02 Å². The zero-order valence-corrected chi connectivity index (χ0v) is 11.9. The first kappa shape index (κ1) is 14.2. The van der Waals surface area contributed by atoms with E-state index in [1.807, 2.05) is 0 Å². The first-order chi connectivity index (χ1) is 9.16. The SMILES string of the molecule is NC(=O)c1ccc(Cl)c(NCCC2CCCCC2)c1. The van der Waals surface area contributed by atoms with Crippen molar-refractivity contribution in [1.82, 2.24) is 0 Å². The molecule has 0 saturated heterocycles. The normalized spacial score (nSPS) is 16.3. The predicted molar refractivity (Wildman–Crippen MR) is 79.7 cm³/mol. The summed E-state index contributed by atoms with van der Waals surface area (Å²) in [4.78, 5) is 11.1. The fourth-order valence-electron chi connectivity index (χ4n) is 2.70. The Kier molecular flexibility index (Phi) is 5.08. The van der Waals surface area contributed by atoms with Crippen molar-refractivity contribution in [3.05, 3.63) is 28.8 Å². The van der Waals surface area contributed by atoms with Gasteiger partial charge >= 0.3 is 0 Å². The van der Waals surface area contributed by atoms with E-state index in [1.54, 1.807) is 18.2 Å². The molecule has 3 N–H and O–H groups in total. The van der Waals surface area contributed by atoms with Crippen molar-refractivity contribution < 1.29 is 4.79 Å². The van der Waals surface area contributed by atoms with Crippen molar-refractivity contribution in [3.8, 4) is 0 Å². The molecule has 3 nitrogen and oxygen atoms in total. The summed E-state index contributed by atoms with van der Waals surface area (Å²) in [6, 6.07) is 5.09. The molecule has 0 aromatic heterocycles. The number of primary amides is 1. The second kappa shape index (κ2) is 6.80. The minimum atomic E-state index is -0.424. The van der Waals surface area contributed by atoms with E-state index in [2.05, 4.69) is 5.32 Å². The minimum Gasteiger partial charge on any atom is -0.384 e. The summed E-state index contributed by atoms with van der Waals surface area (Å²) in [6.45, 7) is 0.895. The highest BCUT2D eigenvalue weighted by Gasteiger charge is 2.13. The number of benzene rings is 1. The van der Waals surface area contributed by atoms with E-state index in [-0.39, 0.29) is 0 Å². The van der Waals surface area contributed by atoms with Crippen LogP contribution in [0.4, 0.5) is 5.69 Å². The summed E-state index contributed by atoms with van der Waals surface area (Å²) in [5.74, 6) is 0.409. The maximum atomic E-state index is 11.1. The van der Waals surface area contributed by atoms with Gasteiger partial charge in [0.2, 0.25) is 5.91 Å². The second-order valence-electron chi connectivity index (χ2n) is 5.28. The average molecular weight is 281 g/mol. The van der Waals surface area contributed by atoms with E-state index in [1.165, 1.54) is 32.1 Å². The molecule has 1 aromatic rings. The van der Waals surface area contributed by atoms with Crippen LogP contribution in [-0.4, -0.2) is 12.5 Å². The van der Waals surface area contributed by atoms with Gasteiger partial charge in [-0.05, 0) is 30.5 Å². The molecular formula is C15H21ClN2O. The molecule has 1 aliphatic carbocycles. The number of nitrogens with two attached hydrogens (primary N) is 1. The highest BCUT2D eigenvalue weighted by molar-refractivity contribution is 6.33. The largest absolute Gasteiger partial charge is 0.384 e. The number of rotatable bonds is 5. The Balaban J connectivity index is 1.87. The van der Waals surface area contributed by atoms with Crippen molar-refractivity contribution >= 4 is 23.2 Å². The maximum absolute atomic E-state index is 11.1. The van der Waals surface area contributed by atoms with Crippen LogP contribution >= 0.6 is 11.6 Å². The molecule has 0 heterocycles. The molecule has 2 rings (SSSR count). The van der Waals surface area contributed by atoms with E-state index in [0.29, 0.717) is 10.6 Å². The lowest BCUT2D eigenvalue weighted by Crippen LogP contribution is -2.14. The minimum absolute atomic E-state index is 0.424. The van der Waals surface area contributed by atoms with Gasteiger partial charge in [0.05, 0.1) is 10.7 Å². The van der Waals surface area contributed by atoms with Gasteiger partial charge in [0.15, 0.2) is 0 Å². The van der Waals surface area contributed by atoms with Crippen LogP contribution in [0, 0.1) is 5.92 Å². The van der Waals surface area contributed by atoms with E-state index >= 15 is 0 Å². The predicted octanol–water partition coefficient (Wildman–Crippen LogP) is 3.82. The van der Waals surface area contributed by atoms with Crippen LogP contribution < -0.4 is 11.1 Å². The number of carbonyl (C=O) groups is 1. The van der Waals surface area contributed by atoms with Gasteiger partial charge in [-0.2, -0.15) is 0 Å². The third-order valence-electron chi connectivity index (χ3n) is 3.84. The molecule has 0 bridgehead atoms. The molecule has 4 heteroatoms. The van der Waals surface area contributed by atoms with Crippen molar-refractivity contribution in [2.75, 3.05) is 11.9 Å². The monoisotopic (exact) mass is 280 g/mol. The molecule has 0 unspecified atom stereocenters. The molecule has 1 saturated carbocycles. The quantitative estimate of drug-likeness (QED) is 0.861. The van der Waals surface area contributed by atoms with Crippen LogP contribution in [-0.2, 0) is 0 Å². The summed E-state index contributed by atoms with van der Waals surface area (Å²) in [5.41, 5.74) is 6.56.